The first-order chi connectivity index (χ1) is 10.6. The molecule has 5 nitrogen and oxygen atoms in total. The molecular formula is C15H14F2N2O3. The van der Waals surface area contributed by atoms with Crippen LogP contribution in [0.3, 0.4) is 0 Å². The smallest absolute Gasteiger partial charge is 0.387 e. The summed E-state index contributed by atoms with van der Waals surface area (Å²) in [4.78, 5) is 16.0. The fraction of sp³-hybridized carbons (Fsp3) is 0.200. The van der Waals surface area contributed by atoms with Gasteiger partial charge in [-0.15, -0.1) is 0 Å². The van der Waals surface area contributed by atoms with Crippen molar-refractivity contribution >= 4 is 5.91 Å². The Bertz CT molecular complexity index is 633. The van der Waals surface area contributed by atoms with E-state index in [9.17, 15) is 13.6 Å². The highest BCUT2D eigenvalue weighted by molar-refractivity contribution is 5.94. The highest BCUT2D eigenvalue weighted by Crippen LogP contribution is 2.16. The van der Waals surface area contributed by atoms with Crippen LogP contribution >= 0.6 is 0 Å². The first kappa shape index (κ1) is 15.7. The Hall–Kier alpha value is -2.70. The minimum Gasteiger partial charge on any atom is -0.481 e. The number of halogens is 2. The molecule has 1 amide bonds. The van der Waals surface area contributed by atoms with Crippen molar-refractivity contribution in [2.75, 3.05) is 7.11 Å². The summed E-state index contributed by atoms with van der Waals surface area (Å²) in [5.74, 6) is 0.0958. The fourth-order valence-electron chi connectivity index (χ4n) is 1.81. The van der Waals surface area contributed by atoms with Gasteiger partial charge in [0.15, 0.2) is 0 Å². The van der Waals surface area contributed by atoms with Gasteiger partial charge >= 0.3 is 6.61 Å². The molecule has 1 aromatic carbocycles. The number of carbonyl (C=O) groups is 1. The first-order valence-corrected chi connectivity index (χ1v) is 6.41. The molecule has 7 heteroatoms. The van der Waals surface area contributed by atoms with Crippen molar-refractivity contribution in [3.8, 4) is 11.6 Å². The minimum atomic E-state index is -2.89. The van der Waals surface area contributed by atoms with Crippen LogP contribution in [0.15, 0.2) is 42.6 Å². The quantitative estimate of drug-likeness (QED) is 0.891. The molecule has 0 radical (unpaired) electrons. The maximum absolute atomic E-state index is 12.0. The van der Waals surface area contributed by atoms with Gasteiger partial charge in [-0.3, -0.25) is 4.79 Å². The van der Waals surface area contributed by atoms with Crippen LogP contribution in [-0.2, 0) is 6.54 Å². The average molecular weight is 308 g/mol. The zero-order valence-electron chi connectivity index (χ0n) is 11.8. The largest absolute Gasteiger partial charge is 0.481 e. The fourth-order valence-corrected chi connectivity index (χ4v) is 1.81. The van der Waals surface area contributed by atoms with Crippen LogP contribution < -0.4 is 14.8 Å². The lowest BCUT2D eigenvalue weighted by Gasteiger charge is -2.09. The molecule has 22 heavy (non-hydrogen) atoms. The SMILES string of the molecule is COc1ncccc1CNC(=O)c1ccc(OC(F)F)cc1. The predicted molar refractivity (Wildman–Crippen MR) is 75.0 cm³/mol. The van der Waals surface area contributed by atoms with Crippen molar-refractivity contribution < 1.29 is 23.0 Å². The van der Waals surface area contributed by atoms with E-state index in [1.165, 1.54) is 31.4 Å². The molecule has 0 saturated carbocycles. The number of nitrogens with zero attached hydrogens (tertiary/aromatic N) is 1. The van der Waals surface area contributed by atoms with Crippen molar-refractivity contribution in [2.45, 2.75) is 13.2 Å². The number of carbonyl (C=O) groups excluding carboxylic acids is 1. The third-order valence-corrected chi connectivity index (χ3v) is 2.82. The normalized spacial score (nSPS) is 10.4. The van der Waals surface area contributed by atoms with E-state index in [2.05, 4.69) is 15.0 Å². The van der Waals surface area contributed by atoms with Crippen LogP contribution in [-0.4, -0.2) is 24.6 Å². The molecule has 1 N–H and O–H groups in total. The number of methoxy groups -OCH3 is 1. The van der Waals surface area contributed by atoms with E-state index >= 15 is 0 Å². The van der Waals surface area contributed by atoms with Gasteiger partial charge < -0.3 is 14.8 Å². The molecule has 0 aliphatic rings. The van der Waals surface area contributed by atoms with E-state index in [1.54, 1.807) is 18.3 Å². The molecule has 0 aliphatic heterocycles. The van der Waals surface area contributed by atoms with E-state index in [4.69, 9.17) is 4.74 Å². The summed E-state index contributed by atoms with van der Waals surface area (Å²) < 4.78 is 33.4. The second-order valence-electron chi connectivity index (χ2n) is 4.26. The zero-order chi connectivity index (χ0) is 15.9. The number of rotatable bonds is 6. The molecule has 0 bridgehead atoms. The molecule has 2 aromatic rings. The number of alkyl halides is 2. The second kappa shape index (κ2) is 7.35. The summed E-state index contributed by atoms with van der Waals surface area (Å²) in [7, 11) is 1.50. The van der Waals surface area contributed by atoms with Crippen LogP contribution in [0.4, 0.5) is 8.78 Å². The van der Waals surface area contributed by atoms with Gasteiger partial charge in [0.1, 0.15) is 5.75 Å². The van der Waals surface area contributed by atoms with Crippen molar-refractivity contribution in [3.05, 3.63) is 53.7 Å². The molecule has 0 saturated heterocycles. The molecule has 0 spiro atoms. The lowest BCUT2D eigenvalue weighted by molar-refractivity contribution is -0.0498. The Kier molecular flexibility index (Phi) is 5.24. The predicted octanol–water partition coefficient (Wildman–Crippen LogP) is 2.62. The van der Waals surface area contributed by atoms with Crippen molar-refractivity contribution in [3.63, 3.8) is 0 Å². The summed E-state index contributed by atoms with van der Waals surface area (Å²) in [5, 5.41) is 2.70. The Labute approximate surface area is 125 Å². The van der Waals surface area contributed by atoms with Crippen LogP contribution in [0.2, 0.25) is 0 Å². The standard InChI is InChI=1S/C15H14F2N2O3/c1-21-14-11(3-2-8-18-14)9-19-13(20)10-4-6-12(7-5-10)22-15(16)17/h2-8,15H,9H2,1H3,(H,19,20). The van der Waals surface area contributed by atoms with E-state index in [-0.39, 0.29) is 18.2 Å². The number of ether oxygens (including phenoxy) is 2. The summed E-state index contributed by atoms with van der Waals surface area (Å²) in [6.45, 7) is -2.65. The van der Waals surface area contributed by atoms with Gasteiger partial charge in [0.05, 0.1) is 7.11 Å². The third-order valence-electron chi connectivity index (χ3n) is 2.82. The second-order valence-corrected chi connectivity index (χ2v) is 4.26. The Morgan fingerprint density at radius 2 is 2.00 bits per heavy atom. The molecular weight excluding hydrogens is 294 g/mol. The number of aromatic nitrogens is 1. The molecule has 0 aliphatic carbocycles. The third kappa shape index (κ3) is 4.15. The van der Waals surface area contributed by atoms with Gasteiger partial charge in [0.2, 0.25) is 5.88 Å². The maximum atomic E-state index is 12.0. The molecule has 2 rings (SSSR count). The van der Waals surface area contributed by atoms with Gasteiger partial charge in [0, 0.05) is 23.9 Å². The Morgan fingerprint density at radius 3 is 2.64 bits per heavy atom. The molecule has 116 valence electrons. The van der Waals surface area contributed by atoms with Crippen LogP contribution in [0, 0.1) is 0 Å². The number of pyridine rings is 1. The topological polar surface area (TPSA) is 60.5 Å². The zero-order valence-corrected chi connectivity index (χ0v) is 11.8. The van der Waals surface area contributed by atoms with Crippen LogP contribution in [0.5, 0.6) is 11.6 Å². The number of amides is 1. The molecule has 0 fully saturated rings. The number of hydrogen-bond acceptors (Lipinski definition) is 4. The van der Waals surface area contributed by atoms with E-state index in [0.717, 1.165) is 5.56 Å². The lowest BCUT2D eigenvalue weighted by atomic mass is 10.2. The van der Waals surface area contributed by atoms with Crippen molar-refractivity contribution in [1.82, 2.24) is 10.3 Å². The van der Waals surface area contributed by atoms with E-state index < -0.39 is 6.61 Å². The van der Waals surface area contributed by atoms with Gasteiger partial charge in [-0.25, -0.2) is 4.98 Å². The van der Waals surface area contributed by atoms with Gasteiger partial charge in [-0.05, 0) is 30.3 Å². The Balaban J connectivity index is 1.97. The van der Waals surface area contributed by atoms with E-state index in [0.29, 0.717) is 11.4 Å². The van der Waals surface area contributed by atoms with Crippen molar-refractivity contribution in [1.29, 1.82) is 0 Å². The number of nitrogens with one attached hydrogen (secondary N) is 1. The summed E-state index contributed by atoms with van der Waals surface area (Å²) >= 11 is 0. The molecule has 1 aromatic heterocycles. The van der Waals surface area contributed by atoms with Gasteiger partial charge in [-0.2, -0.15) is 8.78 Å². The molecule has 0 unspecified atom stereocenters. The summed E-state index contributed by atoms with van der Waals surface area (Å²) in [6.07, 6.45) is 1.59. The number of benzene rings is 1. The van der Waals surface area contributed by atoms with Crippen LogP contribution in [0.1, 0.15) is 15.9 Å². The highest BCUT2D eigenvalue weighted by Gasteiger charge is 2.09. The average Bonchev–Trinajstić information content (AvgIpc) is 2.53. The summed E-state index contributed by atoms with van der Waals surface area (Å²) in [5.41, 5.74) is 1.07. The number of hydrogen-bond donors (Lipinski definition) is 1. The first-order valence-electron chi connectivity index (χ1n) is 6.41. The molecule has 1 heterocycles. The van der Waals surface area contributed by atoms with Gasteiger partial charge in [0.25, 0.3) is 5.91 Å². The Morgan fingerprint density at radius 1 is 1.27 bits per heavy atom. The monoisotopic (exact) mass is 308 g/mol. The highest BCUT2D eigenvalue weighted by atomic mass is 19.3. The lowest BCUT2D eigenvalue weighted by Crippen LogP contribution is -2.23. The minimum absolute atomic E-state index is 0.000443. The van der Waals surface area contributed by atoms with Gasteiger partial charge in [-0.1, -0.05) is 6.07 Å². The maximum Gasteiger partial charge on any atom is 0.387 e. The molecule has 0 atom stereocenters. The van der Waals surface area contributed by atoms with Crippen molar-refractivity contribution in [2.24, 2.45) is 0 Å². The summed E-state index contributed by atoms with van der Waals surface area (Å²) in [6, 6.07) is 8.96. The van der Waals surface area contributed by atoms with Crippen LogP contribution in [0.25, 0.3) is 0 Å². The van der Waals surface area contributed by atoms with E-state index in [1.807, 2.05) is 0 Å².